The van der Waals surface area contributed by atoms with E-state index in [9.17, 15) is 4.79 Å². The van der Waals surface area contributed by atoms with Crippen molar-refractivity contribution in [1.29, 1.82) is 0 Å². The molecule has 4 heteroatoms. The van der Waals surface area contributed by atoms with Gasteiger partial charge >= 0.3 is 0 Å². The Hall–Kier alpha value is -0.740. The predicted octanol–water partition coefficient (Wildman–Crippen LogP) is 1.19. The highest BCUT2D eigenvalue weighted by Crippen LogP contribution is 1.95. The van der Waals surface area contributed by atoms with Gasteiger partial charge in [-0.25, -0.2) is 0 Å². The lowest BCUT2D eigenvalue weighted by Crippen LogP contribution is -2.33. The van der Waals surface area contributed by atoms with Gasteiger partial charge in [0, 0.05) is 37.1 Å². The van der Waals surface area contributed by atoms with E-state index >= 15 is 0 Å². The van der Waals surface area contributed by atoms with Gasteiger partial charge in [-0.1, -0.05) is 6.07 Å². The van der Waals surface area contributed by atoms with Crippen LogP contribution >= 0.6 is 11.8 Å². The lowest BCUT2D eigenvalue weighted by atomic mass is 10.4. The minimum Gasteiger partial charge on any atom is -0.314 e. The maximum Gasteiger partial charge on any atom is 0.250 e. The summed E-state index contributed by atoms with van der Waals surface area (Å²) in [5.41, 5.74) is 0.0665. The fourth-order valence-corrected chi connectivity index (χ4v) is 2.00. The number of hydrogen-bond acceptors (Lipinski definition) is 3. The number of aromatic nitrogens is 1. The molecule has 1 heterocycles. The van der Waals surface area contributed by atoms with Crippen molar-refractivity contribution in [2.75, 3.05) is 18.6 Å². The zero-order valence-electron chi connectivity index (χ0n) is 9.27. The highest BCUT2D eigenvalue weighted by atomic mass is 32.2. The Morgan fingerprint density at radius 1 is 1.53 bits per heavy atom. The van der Waals surface area contributed by atoms with E-state index in [1.165, 1.54) is 0 Å². The molecule has 0 fully saturated rings. The van der Waals surface area contributed by atoms with Crippen LogP contribution in [0, 0.1) is 0 Å². The topological polar surface area (TPSA) is 34.0 Å². The molecule has 0 amide bonds. The minimum absolute atomic E-state index is 0.0665. The zero-order chi connectivity index (χ0) is 11.1. The maximum atomic E-state index is 11.4. The summed E-state index contributed by atoms with van der Waals surface area (Å²) >= 11 is 1.83. The van der Waals surface area contributed by atoms with Crippen LogP contribution in [-0.2, 0) is 6.54 Å². The van der Waals surface area contributed by atoms with Crippen molar-refractivity contribution in [2.45, 2.75) is 19.5 Å². The van der Waals surface area contributed by atoms with Crippen LogP contribution in [0.25, 0.3) is 0 Å². The molecule has 0 aliphatic carbocycles. The summed E-state index contributed by atoms with van der Waals surface area (Å²) in [5, 5.41) is 3.38. The van der Waals surface area contributed by atoms with Crippen molar-refractivity contribution in [3.8, 4) is 0 Å². The van der Waals surface area contributed by atoms with Gasteiger partial charge in [-0.05, 0) is 19.2 Å². The fraction of sp³-hybridized carbons (Fsp3) is 0.545. The summed E-state index contributed by atoms with van der Waals surface area (Å²) in [7, 11) is 0. The Balaban J connectivity index is 2.32. The standard InChI is InChI=1S/C11H18N2OS/c1-10(9-15-2)12-6-8-13-7-4-3-5-11(13)14/h3-5,7,10,12H,6,8-9H2,1-2H3. The van der Waals surface area contributed by atoms with E-state index in [4.69, 9.17) is 0 Å². The molecule has 1 N–H and O–H groups in total. The molecule has 1 unspecified atom stereocenters. The number of thioether (sulfide) groups is 1. The summed E-state index contributed by atoms with van der Waals surface area (Å²) in [5.74, 6) is 1.10. The highest BCUT2D eigenvalue weighted by Gasteiger charge is 1.99. The molecule has 0 aliphatic heterocycles. The van der Waals surface area contributed by atoms with E-state index in [1.807, 2.05) is 24.0 Å². The van der Waals surface area contributed by atoms with Gasteiger partial charge in [0.15, 0.2) is 0 Å². The van der Waals surface area contributed by atoms with Crippen molar-refractivity contribution in [2.24, 2.45) is 0 Å². The summed E-state index contributed by atoms with van der Waals surface area (Å²) in [6.07, 6.45) is 3.92. The third kappa shape index (κ3) is 4.53. The van der Waals surface area contributed by atoms with Crippen molar-refractivity contribution < 1.29 is 0 Å². The number of nitrogens with zero attached hydrogens (tertiary/aromatic N) is 1. The maximum absolute atomic E-state index is 11.4. The molecular weight excluding hydrogens is 208 g/mol. The minimum atomic E-state index is 0.0665. The van der Waals surface area contributed by atoms with Gasteiger partial charge in [-0.15, -0.1) is 0 Å². The second kappa shape index (κ2) is 6.69. The molecule has 15 heavy (non-hydrogen) atoms. The van der Waals surface area contributed by atoms with Crippen LogP contribution in [0.2, 0.25) is 0 Å². The smallest absolute Gasteiger partial charge is 0.250 e. The average Bonchev–Trinajstić information content (AvgIpc) is 2.21. The second-order valence-electron chi connectivity index (χ2n) is 3.54. The van der Waals surface area contributed by atoms with Crippen LogP contribution < -0.4 is 10.9 Å². The number of nitrogens with one attached hydrogen (secondary N) is 1. The van der Waals surface area contributed by atoms with Gasteiger partial charge in [0.25, 0.3) is 5.56 Å². The van der Waals surface area contributed by atoms with Crippen molar-refractivity contribution in [1.82, 2.24) is 9.88 Å². The molecule has 1 atom stereocenters. The van der Waals surface area contributed by atoms with Crippen LogP contribution in [0.15, 0.2) is 29.2 Å². The van der Waals surface area contributed by atoms with Crippen LogP contribution in [0.1, 0.15) is 6.92 Å². The van der Waals surface area contributed by atoms with E-state index in [0.717, 1.165) is 18.8 Å². The Kier molecular flexibility index (Phi) is 5.50. The Labute approximate surface area is 94.9 Å². The first-order valence-electron chi connectivity index (χ1n) is 5.12. The molecule has 0 bridgehead atoms. The molecule has 0 saturated heterocycles. The molecule has 0 aliphatic rings. The van der Waals surface area contributed by atoms with Gasteiger partial charge in [-0.2, -0.15) is 11.8 Å². The molecule has 1 aromatic heterocycles. The van der Waals surface area contributed by atoms with Crippen LogP contribution in [0.4, 0.5) is 0 Å². The second-order valence-corrected chi connectivity index (χ2v) is 4.45. The van der Waals surface area contributed by atoms with Gasteiger partial charge in [0.1, 0.15) is 0 Å². The van der Waals surface area contributed by atoms with Crippen molar-refractivity contribution in [3.63, 3.8) is 0 Å². The largest absolute Gasteiger partial charge is 0.314 e. The lowest BCUT2D eigenvalue weighted by Gasteiger charge is -2.12. The molecule has 84 valence electrons. The Bertz CT molecular complexity index is 337. The summed E-state index contributed by atoms with van der Waals surface area (Å²) in [6, 6.07) is 5.74. The molecule has 1 rings (SSSR count). The first-order valence-corrected chi connectivity index (χ1v) is 6.51. The summed E-state index contributed by atoms with van der Waals surface area (Å²) in [6.45, 7) is 3.73. The van der Waals surface area contributed by atoms with Crippen LogP contribution in [0.5, 0.6) is 0 Å². The first-order chi connectivity index (χ1) is 7.24. The lowest BCUT2D eigenvalue weighted by molar-refractivity contribution is 0.538. The Morgan fingerprint density at radius 2 is 2.33 bits per heavy atom. The first kappa shape index (κ1) is 12.3. The van der Waals surface area contributed by atoms with Crippen LogP contribution in [-0.4, -0.2) is 29.2 Å². The SMILES string of the molecule is CSCC(C)NCCn1ccccc1=O. The van der Waals surface area contributed by atoms with Gasteiger partial charge in [-0.3, -0.25) is 4.79 Å². The van der Waals surface area contributed by atoms with Crippen LogP contribution in [0.3, 0.4) is 0 Å². The molecule has 0 spiro atoms. The molecule has 1 aromatic rings. The van der Waals surface area contributed by atoms with Gasteiger partial charge in [0.05, 0.1) is 0 Å². The normalized spacial score (nSPS) is 12.7. The molecular formula is C11H18N2OS. The van der Waals surface area contributed by atoms with Gasteiger partial charge in [0.2, 0.25) is 0 Å². The van der Waals surface area contributed by atoms with Crippen molar-refractivity contribution >= 4 is 11.8 Å². The fourth-order valence-electron chi connectivity index (χ4n) is 1.39. The quantitative estimate of drug-likeness (QED) is 0.791. The zero-order valence-corrected chi connectivity index (χ0v) is 10.1. The number of pyridine rings is 1. The Morgan fingerprint density at radius 3 is 3.00 bits per heavy atom. The third-order valence-electron chi connectivity index (χ3n) is 2.16. The third-order valence-corrected chi connectivity index (χ3v) is 2.99. The molecule has 0 saturated carbocycles. The van der Waals surface area contributed by atoms with E-state index in [0.29, 0.717) is 6.04 Å². The van der Waals surface area contributed by atoms with E-state index in [2.05, 4.69) is 18.5 Å². The highest BCUT2D eigenvalue weighted by molar-refractivity contribution is 7.98. The monoisotopic (exact) mass is 226 g/mol. The molecule has 0 radical (unpaired) electrons. The van der Waals surface area contributed by atoms with E-state index < -0.39 is 0 Å². The number of rotatable bonds is 6. The summed E-state index contributed by atoms with van der Waals surface area (Å²) in [4.78, 5) is 11.4. The van der Waals surface area contributed by atoms with E-state index in [-0.39, 0.29) is 5.56 Å². The predicted molar refractivity (Wildman–Crippen MR) is 66.5 cm³/mol. The average molecular weight is 226 g/mol. The number of hydrogen-bond donors (Lipinski definition) is 1. The summed E-state index contributed by atoms with van der Waals surface area (Å²) < 4.78 is 1.72. The van der Waals surface area contributed by atoms with Crippen molar-refractivity contribution in [3.05, 3.63) is 34.7 Å². The van der Waals surface area contributed by atoms with E-state index in [1.54, 1.807) is 16.7 Å². The molecule has 0 aromatic carbocycles. The van der Waals surface area contributed by atoms with Gasteiger partial charge < -0.3 is 9.88 Å². The molecule has 3 nitrogen and oxygen atoms in total.